The number of carbonyl (C=O) groups is 1. The van der Waals surface area contributed by atoms with Gasteiger partial charge in [-0.1, -0.05) is 19.1 Å². The maximum absolute atomic E-state index is 12.7. The van der Waals surface area contributed by atoms with Crippen LogP contribution in [0.3, 0.4) is 0 Å². The molecule has 0 saturated carbocycles. The van der Waals surface area contributed by atoms with Crippen molar-refractivity contribution >= 4 is 35.4 Å². The van der Waals surface area contributed by atoms with Gasteiger partial charge in [-0.3, -0.25) is 9.78 Å². The average Bonchev–Trinajstić information content (AvgIpc) is 2.77. The fraction of sp³-hybridized carbons (Fsp3) is 0.455. The van der Waals surface area contributed by atoms with E-state index in [0.29, 0.717) is 5.56 Å². The third kappa shape index (κ3) is 5.08. The topological polar surface area (TPSA) is 60.9 Å². The highest BCUT2D eigenvalue weighted by atomic mass is 35.5. The average molecular weight is 434 g/mol. The first kappa shape index (κ1) is 23.6. The molecule has 7 nitrogen and oxygen atoms in total. The predicted molar refractivity (Wildman–Crippen MR) is 126 cm³/mol. The minimum atomic E-state index is -0.0365. The lowest BCUT2D eigenvalue weighted by Gasteiger charge is -2.38. The summed E-state index contributed by atoms with van der Waals surface area (Å²) in [5, 5.41) is 3.46. The Hall–Kier alpha value is -2.67. The molecule has 0 atom stereocenters. The Morgan fingerprint density at radius 2 is 1.73 bits per heavy atom. The molecule has 1 aromatic carbocycles. The van der Waals surface area contributed by atoms with Crippen LogP contribution in [-0.4, -0.2) is 69.7 Å². The molecule has 0 unspecified atom stereocenters. The molecule has 1 aliphatic rings. The molecule has 1 aromatic heterocycles. The lowest BCUT2D eigenvalue weighted by Crippen LogP contribution is -2.47. The Bertz CT molecular complexity index is 838. The molecule has 30 heavy (non-hydrogen) atoms. The number of pyridine rings is 1. The summed E-state index contributed by atoms with van der Waals surface area (Å²) in [6, 6.07) is 8.12. The van der Waals surface area contributed by atoms with Gasteiger partial charge < -0.3 is 24.8 Å². The second kappa shape index (κ2) is 10.9. The van der Waals surface area contributed by atoms with Crippen molar-refractivity contribution in [1.29, 1.82) is 0 Å². The molecule has 0 radical (unpaired) electrons. The molecule has 0 aliphatic carbocycles. The molecular weight excluding hydrogens is 402 g/mol. The van der Waals surface area contributed by atoms with Crippen molar-refractivity contribution in [2.24, 2.45) is 0 Å². The van der Waals surface area contributed by atoms with E-state index in [0.717, 1.165) is 62.0 Å². The first-order chi connectivity index (χ1) is 14.1. The highest BCUT2D eigenvalue weighted by Gasteiger charge is 2.24. The molecule has 2 heterocycles. The number of benzene rings is 1. The summed E-state index contributed by atoms with van der Waals surface area (Å²) in [5.41, 5.74) is 3.61. The van der Waals surface area contributed by atoms with Gasteiger partial charge >= 0.3 is 0 Å². The van der Waals surface area contributed by atoms with E-state index in [-0.39, 0.29) is 18.3 Å². The molecule has 1 aliphatic heterocycles. The standard InChI is InChI=1S/C22H31N5O2.ClH/c1-5-10-24-21-17(22(28)25(2)3)15-23-16-19(21)27-13-11-26(12-14-27)18-8-6-7-9-20(18)29-4;/h6-9,15-16H,5,10-14H2,1-4H3,(H,23,24);1H. The van der Waals surface area contributed by atoms with Crippen LogP contribution in [-0.2, 0) is 0 Å². The summed E-state index contributed by atoms with van der Waals surface area (Å²) in [6.45, 7) is 6.37. The Morgan fingerprint density at radius 3 is 2.33 bits per heavy atom. The summed E-state index contributed by atoms with van der Waals surface area (Å²) in [4.78, 5) is 23.3. The van der Waals surface area contributed by atoms with E-state index in [1.807, 2.05) is 24.4 Å². The number of aromatic nitrogens is 1. The van der Waals surface area contributed by atoms with Gasteiger partial charge in [0.15, 0.2) is 0 Å². The van der Waals surface area contributed by atoms with Crippen molar-refractivity contribution in [3.8, 4) is 5.75 Å². The Labute approximate surface area is 185 Å². The van der Waals surface area contributed by atoms with Crippen LogP contribution in [0.2, 0.25) is 0 Å². The molecule has 1 amide bonds. The summed E-state index contributed by atoms with van der Waals surface area (Å²) in [7, 11) is 5.24. The van der Waals surface area contributed by atoms with E-state index in [1.165, 1.54) is 0 Å². The van der Waals surface area contributed by atoms with Crippen molar-refractivity contribution in [2.75, 3.05) is 69.0 Å². The van der Waals surface area contributed by atoms with Crippen LogP contribution in [0.1, 0.15) is 23.7 Å². The normalized spacial score (nSPS) is 13.5. The molecule has 8 heteroatoms. The van der Waals surface area contributed by atoms with Crippen LogP contribution in [0, 0.1) is 0 Å². The van der Waals surface area contributed by atoms with Gasteiger partial charge in [0.05, 0.1) is 35.9 Å². The highest BCUT2D eigenvalue weighted by Crippen LogP contribution is 2.33. The number of rotatable bonds is 7. The number of ether oxygens (including phenoxy) is 1. The van der Waals surface area contributed by atoms with Gasteiger partial charge in [0.2, 0.25) is 0 Å². The molecule has 0 spiro atoms. The first-order valence-electron chi connectivity index (χ1n) is 10.1. The lowest BCUT2D eigenvalue weighted by molar-refractivity contribution is 0.0828. The van der Waals surface area contributed by atoms with Gasteiger partial charge in [0, 0.05) is 53.0 Å². The Morgan fingerprint density at radius 1 is 1.10 bits per heavy atom. The van der Waals surface area contributed by atoms with Crippen molar-refractivity contribution in [3.05, 3.63) is 42.2 Å². The fourth-order valence-electron chi connectivity index (χ4n) is 3.61. The quantitative estimate of drug-likeness (QED) is 0.722. The van der Waals surface area contributed by atoms with Crippen molar-refractivity contribution in [2.45, 2.75) is 13.3 Å². The summed E-state index contributed by atoms with van der Waals surface area (Å²) in [5.74, 6) is 0.858. The number of hydrogen-bond donors (Lipinski definition) is 1. The predicted octanol–water partition coefficient (Wildman–Crippen LogP) is 3.36. The Balaban J connectivity index is 0.00000320. The van der Waals surface area contributed by atoms with E-state index >= 15 is 0 Å². The number of methoxy groups -OCH3 is 1. The molecule has 3 rings (SSSR count). The second-order valence-corrected chi connectivity index (χ2v) is 7.35. The van der Waals surface area contributed by atoms with Crippen LogP contribution in [0.15, 0.2) is 36.7 Å². The number of para-hydroxylation sites is 2. The first-order valence-corrected chi connectivity index (χ1v) is 10.1. The third-order valence-electron chi connectivity index (χ3n) is 5.16. The van der Waals surface area contributed by atoms with Crippen molar-refractivity contribution in [3.63, 3.8) is 0 Å². The maximum atomic E-state index is 12.7. The van der Waals surface area contributed by atoms with E-state index in [9.17, 15) is 4.79 Å². The van der Waals surface area contributed by atoms with Crippen LogP contribution in [0.25, 0.3) is 0 Å². The molecule has 1 saturated heterocycles. The SMILES string of the molecule is CCCNc1c(C(=O)N(C)C)cncc1N1CCN(c2ccccc2OC)CC1.Cl. The number of amides is 1. The lowest BCUT2D eigenvalue weighted by atomic mass is 10.1. The van der Waals surface area contributed by atoms with Crippen LogP contribution < -0.4 is 19.9 Å². The molecule has 1 N–H and O–H groups in total. The highest BCUT2D eigenvalue weighted by molar-refractivity contribution is 6.02. The van der Waals surface area contributed by atoms with Gasteiger partial charge in [-0.15, -0.1) is 12.4 Å². The minimum absolute atomic E-state index is 0. The number of anilines is 3. The molecular formula is C22H32ClN5O2. The number of halogens is 1. The van der Waals surface area contributed by atoms with Gasteiger partial charge in [0.25, 0.3) is 5.91 Å². The van der Waals surface area contributed by atoms with E-state index in [1.54, 1.807) is 32.3 Å². The largest absolute Gasteiger partial charge is 0.495 e. The smallest absolute Gasteiger partial charge is 0.257 e. The molecule has 0 bridgehead atoms. The monoisotopic (exact) mass is 433 g/mol. The molecule has 1 fully saturated rings. The fourth-order valence-corrected chi connectivity index (χ4v) is 3.61. The van der Waals surface area contributed by atoms with Crippen LogP contribution in [0.5, 0.6) is 5.75 Å². The van der Waals surface area contributed by atoms with Crippen molar-refractivity contribution in [1.82, 2.24) is 9.88 Å². The Kier molecular flexibility index (Phi) is 8.59. The zero-order valence-corrected chi connectivity index (χ0v) is 19.0. The number of nitrogens with zero attached hydrogens (tertiary/aromatic N) is 4. The number of hydrogen-bond acceptors (Lipinski definition) is 6. The summed E-state index contributed by atoms with van der Waals surface area (Å²) < 4.78 is 5.52. The zero-order chi connectivity index (χ0) is 20.8. The van der Waals surface area contributed by atoms with Gasteiger partial charge in [-0.25, -0.2) is 0 Å². The number of nitrogens with one attached hydrogen (secondary N) is 1. The van der Waals surface area contributed by atoms with E-state index < -0.39 is 0 Å². The van der Waals surface area contributed by atoms with Gasteiger partial charge in [-0.05, 0) is 18.6 Å². The number of piperazine rings is 1. The minimum Gasteiger partial charge on any atom is -0.495 e. The van der Waals surface area contributed by atoms with Gasteiger partial charge in [0.1, 0.15) is 5.75 Å². The third-order valence-corrected chi connectivity index (χ3v) is 5.16. The van der Waals surface area contributed by atoms with E-state index in [4.69, 9.17) is 4.74 Å². The maximum Gasteiger partial charge on any atom is 0.257 e. The summed E-state index contributed by atoms with van der Waals surface area (Å²) in [6.07, 6.45) is 4.51. The van der Waals surface area contributed by atoms with Crippen molar-refractivity contribution < 1.29 is 9.53 Å². The number of carbonyl (C=O) groups excluding carboxylic acids is 1. The van der Waals surface area contributed by atoms with Crippen LogP contribution in [0.4, 0.5) is 17.1 Å². The van der Waals surface area contributed by atoms with Crippen LogP contribution >= 0.6 is 12.4 Å². The molecule has 164 valence electrons. The zero-order valence-electron chi connectivity index (χ0n) is 18.2. The van der Waals surface area contributed by atoms with Gasteiger partial charge in [-0.2, -0.15) is 0 Å². The second-order valence-electron chi connectivity index (χ2n) is 7.35. The summed E-state index contributed by atoms with van der Waals surface area (Å²) >= 11 is 0. The molecule has 2 aromatic rings. The van der Waals surface area contributed by atoms with E-state index in [2.05, 4.69) is 33.1 Å².